The number of benzene rings is 1. The highest BCUT2D eigenvalue weighted by Gasteiger charge is 2.75. The van der Waals surface area contributed by atoms with Crippen molar-refractivity contribution in [2.24, 2.45) is 5.92 Å². The summed E-state index contributed by atoms with van der Waals surface area (Å²) in [5, 5.41) is 22.8. The molecule has 4 heteroatoms. The molecule has 4 aliphatic rings. The molecule has 2 fully saturated rings. The molecule has 6 atom stereocenters. The van der Waals surface area contributed by atoms with Gasteiger partial charge >= 0.3 is 0 Å². The highest BCUT2D eigenvalue weighted by Crippen LogP contribution is 2.66. The molecule has 25 heavy (non-hydrogen) atoms. The van der Waals surface area contributed by atoms with Gasteiger partial charge < -0.3 is 19.4 Å². The first kappa shape index (κ1) is 15.7. The largest absolute Gasteiger partial charge is 0.508 e. The Labute approximate surface area is 149 Å². The minimum absolute atomic E-state index is 0.0158. The minimum Gasteiger partial charge on any atom is -0.508 e. The van der Waals surface area contributed by atoms with Crippen LogP contribution in [0.3, 0.4) is 0 Å². The molecule has 2 bridgehead atoms. The number of rotatable bonds is 2. The number of phenols is 1. The van der Waals surface area contributed by atoms with E-state index in [0.717, 1.165) is 53.7 Å². The Morgan fingerprint density at radius 3 is 2.96 bits per heavy atom. The van der Waals surface area contributed by atoms with Crippen LogP contribution in [0.1, 0.15) is 37.3 Å². The fourth-order valence-electron chi connectivity index (χ4n) is 6.82. The molecule has 1 aromatic carbocycles. The number of aliphatic hydroxyl groups is 1. The molecule has 1 saturated heterocycles. The maximum Gasteiger partial charge on any atom is 0.130 e. The summed E-state index contributed by atoms with van der Waals surface area (Å²) in [6.07, 6.45) is 5.41. The third kappa shape index (κ3) is 1.57. The molecule has 1 aromatic rings. The van der Waals surface area contributed by atoms with Gasteiger partial charge in [0.25, 0.3) is 0 Å². The van der Waals surface area contributed by atoms with E-state index in [-0.39, 0.29) is 17.6 Å². The number of hydrogen-bond acceptors (Lipinski definition) is 3. The van der Waals surface area contributed by atoms with E-state index in [2.05, 4.69) is 20.6 Å². The number of hydrogen-bond donors (Lipinski definition) is 2. The standard InChI is InChI=1S/C21H27NO3/c1-4-10-22(3)11-9-20-18-14-12-17(22)21(20,24)8-7-13(2)19(20)25-16(18)6-5-15(14)23/h4-6,13,17,19,24H,1,7-12H2,2-3H3/p+1/t13-,17?,19?,20-,21?,22-/m0/s1. The number of nitrogens with zero attached hydrogens (tertiary/aromatic N) is 1. The lowest BCUT2D eigenvalue weighted by Crippen LogP contribution is -2.80. The van der Waals surface area contributed by atoms with Gasteiger partial charge in [-0.25, -0.2) is 0 Å². The van der Waals surface area contributed by atoms with Crippen molar-refractivity contribution >= 4 is 0 Å². The van der Waals surface area contributed by atoms with Crippen LogP contribution in [0.4, 0.5) is 0 Å². The SMILES string of the molecule is C=CC[N@@+]1(C)CC[C@@]23c4c5ccc(O)c4CC1C2(O)CC[C@H](C)C3O5. The van der Waals surface area contributed by atoms with Crippen LogP contribution in [0.2, 0.25) is 0 Å². The van der Waals surface area contributed by atoms with Crippen LogP contribution in [-0.2, 0) is 11.8 Å². The molecule has 1 saturated carbocycles. The average molecular weight is 342 g/mol. The second kappa shape index (κ2) is 4.60. The Kier molecular flexibility index (Phi) is 2.89. The lowest BCUT2D eigenvalue weighted by Gasteiger charge is -2.65. The number of piperidine rings is 1. The number of aromatic hydroxyl groups is 1. The maximum absolute atomic E-state index is 12.2. The Morgan fingerprint density at radius 2 is 2.20 bits per heavy atom. The molecule has 4 nitrogen and oxygen atoms in total. The Hall–Kier alpha value is -1.52. The van der Waals surface area contributed by atoms with Crippen molar-refractivity contribution in [1.82, 2.24) is 0 Å². The minimum atomic E-state index is -0.772. The molecule has 2 aliphatic heterocycles. The summed E-state index contributed by atoms with van der Waals surface area (Å²) in [5.41, 5.74) is 0.992. The average Bonchev–Trinajstić information content (AvgIpc) is 2.91. The van der Waals surface area contributed by atoms with Crippen LogP contribution < -0.4 is 4.74 Å². The second-order valence-electron chi connectivity index (χ2n) is 9.03. The summed E-state index contributed by atoms with van der Waals surface area (Å²) in [4.78, 5) is 0. The zero-order valence-electron chi connectivity index (χ0n) is 15.2. The summed E-state index contributed by atoms with van der Waals surface area (Å²) in [6, 6.07) is 3.75. The van der Waals surface area contributed by atoms with E-state index in [1.165, 1.54) is 0 Å². The van der Waals surface area contributed by atoms with Crippen LogP contribution in [-0.4, -0.2) is 52.6 Å². The molecule has 5 rings (SSSR count). The quantitative estimate of drug-likeness (QED) is 0.641. The highest BCUT2D eigenvalue weighted by atomic mass is 16.5. The fraction of sp³-hybridized carbons (Fsp3) is 0.619. The van der Waals surface area contributed by atoms with Crippen LogP contribution in [0.5, 0.6) is 11.5 Å². The maximum atomic E-state index is 12.2. The number of likely N-dealkylation sites (tertiary alicyclic amines) is 1. The van der Waals surface area contributed by atoms with Crippen LogP contribution in [0.25, 0.3) is 0 Å². The van der Waals surface area contributed by atoms with Crippen molar-refractivity contribution in [3.63, 3.8) is 0 Å². The molecule has 3 unspecified atom stereocenters. The number of phenolic OH excluding ortho intramolecular Hbond substituents is 1. The molecule has 1 spiro atoms. The molecular formula is C21H28NO3+. The van der Waals surface area contributed by atoms with Gasteiger partial charge in [-0.3, -0.25) is 0 Å². The number of likely N-dealkylation sites (N-methyl/N-ethyl adjacent to an activating group) is 1. The van der Waals surface area contributed by atoms with Crippen molar-refractivity contribution in [2.75, 3.05) is 20.1 Å². The monoisotopic (exact) mass is 342 g/mol. The normalized spacial score (nSPS) is 46.3. The van der Waals surface area contributed by atoms with E-state index in [1.54, 1.807) is 6.07 Å². The zero-order chi connectivity index (χ0) is 17.6. The lowest BCUT2D eigenvalue weighted by atomic mass is 9.47. The van der Waals surface area contributed by atoms with E-state index in [1.807, 2.05) is 12.1 Å². The smallest absolute Gasteiger partial charge is 0.130 e. The molecule has 0 amide bonds. The van der Waals surface area contributed by atoms with E-state index < -0.39 is 5.60 Å². The second-order valence-corrected chi connectivity index (χ2v) is 9.03. The zero-order valence-corrected chi connectivity index (χ0v) is 15.2. The van der Waals surface area contributed by atoms with Gasteiger partial charge in [0, 0.05) is 24.0 Å². The predicted molar refractivity (Wildman–Crippen MR) is 95.8 cm³/mol. The Morgan fingerprint density at radius 1 is 1.40 bits per heavy atom. The first-order chi connectivity index (χ1) is 11.9. The molecule has 2 aliphatic carbocycles. The summed E-state index contributed by atoms with van der Waals surface area (Å²) in [6.45, 7) is 8.07. The van der Waals surface area contributed by atoms with Crippen molar-refractivity contribution in [3.8, 4) is 11.5 Å². The van der Waals surface area contributed by atoms with Crippen molar-refractivity contribution in [2.45, 2.75) is 55.8 Å². The van der Waals surface area contributed by atoms with Gasteiger partial charge in [0.15, 0.2) is 0 Å². The van der Waals surface area contributed by atoms with Gasteiger partial charge in [0.05, 0.1) is 25.6 Å². The molecule has 0 aromatic heterocycles. The van der Waals surface area contributed by atoms with Gasteiger partial charge in [0.2, 0.25) is 0 Å². The predicted octanol–water partition coefficient (Wildman–Crippen LogP) is 2.51. The molecule has 0 radical (unpaired) electrons. The Bertz CT molecular complexity index is 777. The van der Waals surface area contributed by atoms with Crippen LogP contribution >= 0.6 is 0 Å². The summed E-state index contributed by atoms with van der Waals surface area (Å²) in [7, 11) is 2.24. The summed E-state index contributed by atoms with van der Waals surface area (Å²) < 4.78 is 7.24. The fourth-order valence-corrected chi connectivity index (χ4v) is 6.82. The number of quaternary nitrogens is 1. The third-order valence-electron chi connectivity index (χ3n) is 7.97. The van der Waals surface area contributed by atoms with E-state index in [4.69, 9.17) is 4.74 Å². The first-order valence-corrected chi connectivity index (χ1v) is 9.57. The summed E-state index contributed by atoms with van der Waals surface area (Å²) >= 11 is 0. The molecule has 2 N–H and O–H groups in total. The molecule has 2 heterocycles. The van der Waals surface area contributed by atoms with Gasteiger partial charge in [-0.05, 0) is 37.0 Å². The van der Waals surface area contributed by atoms with Crippen molar-refractivity contribution < 1.29 is 19.4 Å². The first-order valence-electron chi connectivity index (χ1n) is 9.57. The summed E-state index contributed by atoms with van der Waals surface area (Å²) in [5.74, 6) is 1.67. The topological polar surface area (TPSA) is 49.7 Å². The van der Waals surface area contributed by atoms with Gasteiger partial charge in [-0.2, -0.15) is 0 Å². The lowest BCUT2D eigenvalue weighted by molar-refractivity contribution is -0.944. The molecular weight excluding hydrogens is 314 g/mol. The molecule has 134 valence electrons. The van der Waals surface area contributed by atoms with Crippen LogP contribution in [0, 0.1) is 5.92 Å². The van der Waals surface area contributed by atoms with Crippen molar-refractivity contribution in [3.05, 3.63) is 35.9 Å². The third-order valence-corrected chi connectivity index (χ3v) is 7.97. The highest BCUT2D eigenvalue weighted by molar-refractivity contribution is 5.60. The van der Waals surface area contributed by atoms with Gasteiger partial charge in [-0.1, -0.05) is 13.5 Å². The van der Waals surface area contributed by atoms with E-state index >= 15 is 0 Å². The van der Waals surface area contributed by atoms with Gasteiger partial charge in [0.1, 0.15) is 29.2 Å². The van der Waals surface area contributed by atoms with Gasteiger partial charge in [-0.15, -0.1) is 0 Å². The number of ether oxygens (including phenoxy) is 1. The van der Waals surface area contributed by atoms with Crippen LogP contribution in [0.15, 0.2) is 24.8 Å². The van der Waals surface area contributed by atoms with E-state index in [0.29, 0.717) is 18.1 Å². The van der Waals surface area contributed by atoms with Crippen molar-refractivity contribution in [1.29, 1.82) is 0 Å². The van der Waals surface area contributed by atoms with E-state index in [9.17, 15) is 10.2 Å². The Balaban J connectivity index is 1.81.